The van der Waals surface area contributed by atoms with Gasteiger partial charge in [-0.2, -0.15) is 0 Å². The van der Waals surface area contributed by atoms with Gasteiger partial charge in [-0.25, -0.2) is 0 Å². The van der Waals surface area contributed by atoms with Crippen LogP contribution in [-0.4, -0.2) is 19.6 Å². The Labute approximate surface area is 124 Å². The number of amides is 1. The molecule has 1 aliphatic heterocycles. The maximum atomic E-state index is 11.5. The summed E-state index contributed by atoms with van der Waals surface area (Å²) in [5.74, 6) is 0.936. The Morgan fingerprint density at radius 2 is 1.81 bits per heavy atom. The van der Waals surface area contributed by atoms with Gasteiger partial charge in [0.25, 0.3) is 5.91 Å². The highest BCUT2D eigenvalue weighted by molar-refractivity contribution is 5.94. The minimum atomic E-state index is -0.0656. The van der Waals surface area contributed by atoms with Crippen LogP contribution in [0.2, 0.25) is 0 Å². The van der Waals surface area contributed by atoms with E-state index < -0.39 is 0 Å². The second kappa shape index (κ2) is 5.83. The van der Waals surface area contributed by atoms with E-state index in [2.05, 4.69) is 23.5 Å². The molecule has 1 heterocycles. The van der Waals surface area contributed by atoms with E-state index in [1.54, 1.807) is 7.05 Å². The lowest BCUT2D eigenvalue weighted by Crippen LogP contribution is -2.17. The summed E-state index contributed by atoms with van der Waals surface area (Å²) in [6, 6.07) is 13.8. The largest absolute Gasteiger partial charge is 0.493 e. The molecule has 3 heteroatoms. The normalized spacial score (nSPS) is 13.0. The minimum Gasteiger partial charge on any atom is -0.493 e. The molecule has 2 aromatic rings. The van der Waals surface area contributed by atoms with Gasteiger partial charge in [0.15, 0.2) is 0 Å². The molecule has 0 saturated carbocycles. The predicted molar refractivity (Wildman–Crippen MR) is 84.4 cm³/mol. The fraction of sp³-hybridized carbons (Fsp3) is 0.167. The topological polar surface area (TPSA) is 38.3 Å². The number of benzene rings is 2. The van der Waals surface area contributed by atoms with Crippen molar-refractivity contribution in [2.75, 3.05) is 13.7 Å². The van der Waals surface area contributed by atoms with Crippen LogP contribution in [0.3, 0.4) is 0 Å². The quantitative estimate of drug-likeness (QED) is 0.876. The maximum Gasteiger partial charge on any atom is 0.251 e. The van der Waals surface area contributed by atoms with Crippen molar-refractivity contribution in [3.05, 3.63) is 64.7 Å². The lowest BCUT2D eigenvalue weighted by Gasteiger charge is -2.01. The van der Waals surface area contributed by atoms with Gasteiger partial charge in [-0.3, -0.25) is 4.79 Å². The molecule has 0 radical (unpaired) electrons. The molecule has 3 rings (SSSR count). The standard InChI is InChI=1S/C18H17NO2/c1-19-18(20)15-7-4-13(5-8-15)2-3-14-6-9-17-16(12-14)10-11-21-17/h2-9,12H,10-11H2,1H3,(H,19,20)/b3-2+. The first-order chi connectivity index (χ1) is 10.3. The van der Waals surface area contributed by atoms with E-state index in [1.807, 2.05) is 36.4 Å². The molecule has 21 heavy (non-hydrogen) atoms. The SMILES string of the molecule is CNC(=O)c1ccc(/C=C/c2ccc3c(c2)CCO3)cc1. The van der Waals surface area contributed by atoms with E-state index in [1.165, 1.54) is 5.56 Å². The molecule has 0 bridgehead atoms. The van der Waals surface area contributed by atoms with Gasteiger partial charge in [0.1, 0.15) is 5.75 Å². The lowest BCUT2D eigenvalue weighted by atomic mass is 10.1. The number of nitrogens with one attached hydrogen (secondary N) is 1. The molecule has 0 aromatic heterocycles. The lowest BCUT2D eigenvalue weighted by molar-refractivity contribution is 0.0963. The van der Waals surface area contributed by atoms with E-state index in [0.717, 1.165) is 29.9 Å². The average Bonchev–Trinajstić information content (AvgIpc) is 3.00. The molecular weight excluding hydrogens is 262 g/mol. The third-order valence-corrected chi connectivity index (χ3v) is 3.58. The third kappa shape index (κ3) is 2.97. The Hall–Kier alpha value is -2.55. The zero-order valence-corrected chi connectivity index (χ0v) is 11.9. The van der Waals surface area contributed by atoms with Crippen molar-refractivity contribution in [1.82, 2.24) is 5.32 Å². The summed E-state index contributed by atoms with van der Waals surface area (Å²) in [5.41, 5.74) is 4.17. The molecule has 0 saturated heterocycles. The van der Waals surface area contributed by atoms with Crippen LogP contribution in [0.1, 0.15) is 27.0 Å². The van der Waals surface area contributed by atoms with E-state index in [0.29, 0.717) is 5.56 Å². The highest BCUT2D eigenvalue weighted by Gasteiger charge is 2.10. The monoisotopic (exact) mass is 279 g/mol. The van der Waals surface area contributed by atoms with Crippen molar-refractivity contribution in [3.8, 4) is 5.75 Å². The molecule has 3 nitrogen and oxygen atoms in total. The molecule has 0 unspecified atom stereocenters. The summed E-state index contributed by atoms with van der Waals surface area (Å²) in [4.78, 5) is 11.5. The summed E-state index contributed by atoms with van der Waals surface area (Å²) in [7, 11) is 1.63. The fourth-order valence-corrected chi connectivity index (χ4v) is 2.39. The molecule has 2 aromatic carbocycles. The van der Waals surface area contributed by atoms with Crippen LogP contribution >= 0.6 is 0 Å². The zero-order valence-electron chi connectivity index (χ0n) is 11.9. The third-order valence-electron chi connectivity index (χ3n) is 3.58. The summed E-state index contributed by atoms with van der Waals surface area (Å²) in [5, 5.41) is 2.61. The first kappa shape index (κ1) is 13.4. The molecule has 0 fully saturated rings. The Morgan fingerprint density at radius 1 is 1.10 bits per heavy atom. The highest BCUT2D eigenvalue weighted by Crippen LogP contribution is 2.26. The van der Waals surface area contributed by atoms with E-state index in [4.69, 9.17) is 4.74 Å². The van der Waals surface area contributed by atoms with Crippen LogP contribution in [0.4, 0.5) is 0 Å². The molecule has 106 valence electrons. The maximum absolute atomic E-state index is 11.5. The van der Waals surface area contributed by atoms with Crippen LogP contribution in [0, 0.1) is 0 Å². The van der Waals surface area contributed by atoms with Crippen molar-refractivity contribution in [1.29, 1.82) is 0 Å². The van der Waals surface area contributed by atoms with Crippen molar-refractivity contribution < 1.29 is 9.53 Å². The predicted octanol–water partition coefficient (Wildman–Crippen LogP) is 3.15. The summed E-state index contributed by atoms with van der Waals surface area (Å²) in [6.07, 6.45) is 5.11. The van der Waals surface area contributed by atoms with Crippen LogP contribution in [-0.2, 0) is 6.42 Å². The molecule has 0 atom stereocenters. The molecule has 1 N–H and O–H groups in total. The Kier molecular flexibility index (Phi) is 3.73. The van der Waals surface area contributed by atoms with Crippen LogP contribution in [0.15, 0.2) is 42.5 Å². The van der Waals surface area contributed by atoms with Gasteiger partial charge >= 0.3 is 0 Å². The summed E-state index contributed by atoms with van der Waals surface area (Å²) >= 11 is 0. The van der Waals surface area contributed by atoms with Gasteiger partial charge in [0, 0.05) is 19.0 Å². The molecule has 1 amide bonds. The summed E-state index contributed by atoms with van der Waals surface area (Å²) < 4.78 is 5.50. The smallest absolute Gasteiger partial charge is 0.251 e. The molecule has 0 aliphatic carbocycles. The Balaban J connectivity index is 1.75. The number of carbonyl (C=O) groups excluding carboxylic acids is 1. The van der Waals surface area contributed by atoms with E-state index in [-0.39, 0.29) is 5.91 Å². The average molecular weight is 279 g/mol. The number of rotatable bonds is 3. The van der Waals surface area contributed by atoms with Gasteiger partial charge < -0.3 is 10.1 Å². The number of hydrogen-bond acceptors (Lipinski definition) is 2. The molecule has 1 aliphatic rings. The number of ether oxygens (including phenoxy) is 1. The molecular formula is C18H17NO2. The van der Waals surface area contributed by atoms with Crippen molar-refractivity contribution >= 4 is 18.1 Å². The van der Waals surface area contributed by atoms with Gasteiger partial charge in [0.05, 0.1) is 6.61 Å². The first-order valence-electron chi connectivity index (χ1n) is 7.02. The van der Waals surface area contributed by atoms with Gasteiger partial charge in [-0.15, -0.1) is 0 Å². The van der Waals surface area contributed by atoms with Crippen molar-refractivity contribution in [3.63, 3.8) is 0 Å². The van der Waals surface area contributed by atoms with E-state index in [9.17, 15) is 4.79 Å². The second-order valence-electron chi connectivity index (χ2n) is 5.00. The van der Waals surface area contributed by atoms with Gasteiger partial charge in [-0.05, 0) is 41.0 Å². The van der Waals surface area contributed by atoms with Crippen molar-refractivity contribution in [2.45, 2.75) is 6.42 Å². The minimum absolute atomic E-state index is 0.0656. The first-order valence-corrected chi connectivity index (χ1v) is 7.02. The van der Waals surface area contributed by atoms with Crippen LogP contribution in [0.25, 0.3) is 12.2 Å². The highest BCUT2D eigenvalue weighted by atomic mass is 16.5. The van der Waals surface area contributed by atoms with Crippen molar-refractivity contribution in [2.24, 2.45) is 0 Å². The van der Waals surface area contributed by atoms with E-state index >= 15 is 0 Å². The van der Waals surface area contributed by atoms with Gasteiger partial charge in [0.2, 0.25) is 0 Å². The fourth-order valence-electron chi connectivity index (χ4n) is 2.39. The zero-order chi connectivity index (χ0) is 14.7. The van der Waals surface area contributed by atoms with Crippen LogP contribution < -0.4 is 10.1 Å². The van der Waals surface area contributed by atoms with Crippen LogP contribution in [0.5, 0.6) is 5.75 Å². The number of hydrogen-bond donors (Lipinski definition) is 1. The number of carbonyl (C=O) groups is 1. The Bertz CT molecular complexity index is 687. The summed E-state index contributed by atoms with van der Waals surface area (Å²) in [6.45, 7) is 0.781. The van der Waals surface area contributed by atoms with Gasteiger partial charge in [-0.1, -0.05) is 30.4 Å². The number of fused-ring (bicyclic) bond motifs is 1. The second-order valence-corrected chi connectivity index (χ2v) is 5.00. The Morgan fingerprint density at radius 3 is 2.57 bits per heavy atom. The molecule has 0 spiro atoms.